The molecule has 1 unspecified atom stereocenters. The van der Waals surface area contributed by atoms with Crippen LogP contribution in [0.1, 0.15) is 29.5 Å². The summed E-state index contributed by atoms with van der Waals surface area (Å²) in [4.78, 5) is 5.51. The van der Waals surface area contributed by atoms with E-state index in [2.05, 4.69) is 5.16 Å². The minimum atomic E-state index is -0.877. The highest BCUT2D eigenvalue weighted by Crippen LogP contribution is 2.34. The normalized spacial score (nSPS) is 17.5. The van der Waals surface area contributed by atoms with Crippen LogP contribution in [-0.2, 0) is 18.1 Å². The summed E-state index contributed by atoms with van der Waals surface area (Å²) in [5, 5.41) is 23.2. The first-order chi connectivity index (χ1) is 15.7. The average molecular weight is 434 g/mol. The second-order valence-corrected chi connectivity index (χ2v) is 7.83. The van der Waals surface area contributed by atoms with Crippen LogP contribution in [0.2, 0.25) is 0 Å². The first-order valence-electron chi connectivity index (χ1n) is 10.7. The van der Waals surface area contributed by atoms with E-state index in [1.807, 2.05) is 78.9 Å². The Morgan fingerprint density at radius 1 is 0.812 bits per heavy atom. The number of aliphatic hydroxyl groups excluding tert-OH is 2. The summed E-state index contributed by atoms with van der Waals surface area (Å²) in [5.41, 5.74) is 2.77. The van der Waals surface area contributed by atoms with E-state index < -0.39 is 5.60 Å². The Kier molecular flexibility index (Phi) is 7.04. The Morgan fingerprint density at radius 2 is 1.44 bits per heavy atom. The first-order valence-corrected chi connectivity index (χ1v) is 10.7. The number of nitrogens with zero attached hydrogens (tertiary/aromatic N) is 1. The van der Waals surface area contributed by atoms with Crippen LogP contribution in [0.3, 0.4) is 0 Å². The summed E-state index contributed by atoms with van der Waals surface area (Å²) in [6.07, 6.45) is 0.721. The van der Waals surface area contributed by atoms with E-state index in [0.29, 0.717) is 43.3 Å². The van der Waals surface area contributed by atoms with Crippen LogP contribution in [0.25, 0.3) is 0 Å². The van der Waals surface area contributed by atoms with Crippen LogP contribution in [0, 0.1) is 0 Å². The molecule has 0 bridgehead atoms. The summed E-state index contributed by atoms with van der Waals surface area (Å²) >= 11 is 0. The Labute approximate surface area is 187 Å². The average Bonchev–Trinajstić information content (AvgIpc) is 3.28. The van der Waals surface area contributed by atoms with E-state index in [1.165, 1.54) is 0 Å². The van der Waals surface area contributed by atoms with Crippen molar-refractivity contribution in [1.82, 2.24) is 0 Å². The van der Waals surface area contributed by atoms with E-state index in [4.69, 9.17) is 14.3 Å². The van der Waals surface area contributed by atoms with Crippen LogP contribution in [0.5, 0.6) is 11.5 Å². The van der Waals surface area contributed by atoms with Gasteiger partial charge in [-0.25, -0.2) is 0 Å². The zero-order valence-corrected chi connectivity index (χ0v) is 17.8. The van der Waals surface area contributed by atoms with Gasteiger partial charge in [-0.3, -0.25) is 0 Å². The number of hydrogen-bond donors (Lipinski definition) is 2. The van der Waals surface area contributed by atoms with Crippen molar-refractivity contribution >= 4 is 5.71 Å². The fraction of sp³-hybridized carbons (Fsp3) is 0.269. The van der Waals surface area contributed by atoms with Gasteiger partial charge in [0.1, 0.15) is 13.2 Å². The van der Waals surface area contributed by atoms with Crippen molar-refractivity contribution in [3.05, 3.63) is 95.6 Å². The molecule has 0 saturated carbocycles. The minimum absolute atomic E-state index is 0.0823. The van der Waals surface area contributed by atoms with Gasteiger partial charge >= 0.3 is 0 Å². The highest BCUT2D eigenvalue weighted by Gasteiger charge is 2.38. The van der Waals surface area contributed by atoms with Gasteiger partial charge < -0.3 is 24.5 Å². The second kappa shape index (κ2) is 10.3. The summed E-state index contributed by atoms with van der Waals surface area (Å²) in [7, 11) is 0. The van der Waals surface area contributed by atoms with Crippen molar-refractivity contribution in [2.24, 2.45) is 5.16 Å². The van der Waals surface area contributed by atoms with Crippen molar-refractivity contribution in [3.63, 3.8) is 0 Å². The molecule has 0 saturated heterocycles. The lowest BCUT2D eigenvalue weighted by Crippen LogP contribution is -2.34. The standard InChI is InChI=1S/C26H27NO5/c28-14-13-26(19-29)16-23(27-32-26)22-11-12-24(30-17-20-7-3-1-4-8-20)25(15-22)31-18-21-9-5-2-6-10-21/h1-12,15,28-29H,13-14,16-19H2. The maximum absolute atomic E-state index is 9.75. The summed E-state index contributed by atoms with van der Waals surface area (Å²) in [5.74, 6) is 1.24. The molecule has 6 heteroatoms. The van der Waals surface area contributed by atoms with Gasteiger partial charge in [-0.2, -0.15) is 0 Å². The van der Waals surface area contributed by atoms with Crippen molar-refractivity contribution in [2.75, 3.05) is 13.2 Å². The van der Waals surface area contributed by atoms with Crippen molar-refractivity contribution in [1.29, 1.82) is 0 Å². The van der Waals surface area contributed by atoms with E-state index in [-0.39, 0.29) is 13.2 Å². The molecule has 1 aliphatic heterocycles. The van der Waals surface area contributed by atoms with Crippen LogP contribution in [0.4, 0.5) is 0 Å². The molecule has 1 aliphatic rings. The fourth-order valence-corrected chi connectivity index (χ4v) is 3.57. The fourth-order valence-electron chi connectivity index (χ4n) is 3.57. The third-order valence-electron chi connectivity index (χ3n) is 5.45. The van der Waals surface area contributed by atoms with Crippen LogP contribution in [-0.4, -0.2) is 34.7 Å². The van der Waals surface area contributed by atoms with Gasteiger partial charge in [0.15, 0.2) is 17.1 Å². The van der Waals surface area contributed by atoms with Gasteiger partial charge in [0.2, 0.25) is 0 Å². The van der Waals surface area contributed by atoms with E-state index >= 15 is 0 Å². The third-order valence-corrected chi connectivity index (χ3v) is 5.45. The first kappa shape index (κ1) is 21.9. The molecule has 0 aliphatic carbocycles. The highest BCUT2D eigenvalue weighted by molar-refractivity contribution is 6.02. The van der Waals surface area contributed by atoms with E-state index in [1.54, 1.807) is 0 Å². The largest absolute Gasteiger partial charge is 0.485 e. The van der Waals surface area contributed by atoms with Gasteiger partial charge in [-0.15, -0.1) is 0 Å². The van der Waals surface area contributed by atoms with Crippen LogP contribution >= 0.6 is 0 Å². The van der Waals surface area contributed by atoms with Crippen molar-refractivity contribution in [3.8, 4) is 11.5 Å². The van der Waals surface area contributed by atoms with Gasteiger partial charge in [-0.1, -0.05) is 65.8 Å². The molecule has 0 amide bonds. The molecular formula is C26H27NO5. The topological polar surface area (TPSA) is 80.5 Å². The number of rotatable bonds is 10. The number of hydrogen-bond acceptors (Lipinski definition) is 6. The Balaban J connectivity index is 1.54. The van der Waals surface area contributed by atoms with Crippen molar-refractivity contribution < 1.29 is 24.5 Å². The van der Waals surface area contributed by atoms with Crippen molar-refractivity contribution in [2.45, 2.75) is 31.7 Å². The molecule has 4 rings (SSSR count). The number of benzene rings is 3. The Bertz CT molecular complexity index is 1040. The quantitative estimate of drug-likeness (QED) is 0.504. The van der Waals surface area contributed by atoms with Gasteiger partial charge in [-0.05, 0) is 29.3 Å². The molecule has 1 heterocycles. The summed E-state index contributed by atoms with van der Waals surface area (Å²) in [6, 6.07) is 25.5. The zero-order chi connectivity index (χ0) is 22.2. The number of ether oxygens (including phenoxy) is 2. The third kappa shape index (κ3) is 5.28. The van der Waals surface area contributed by atoms with E-state index in [0.717, 1.165) is 16.7 Å². The number of oxime groups is 1. The lowest BCUT2D eigenvalue weighted by atomic mass is 9.92. The molecule has 0 spiro atoms. The monoisotopic (exact) mass is 433 g/mol. The predicted octanol–water partition coefficient (Wildman–Crippen LogP) is 4.08. The number of aliphatic hydroxyl groups is 2. The zero-order valence-electron chi connectivity index (χ0n) is 17.8. The molecule has 1 atom stereocenters. The molecule has 0 radical (unpaired) electrons. The molecule has 2 N–H and O–H groups in total. The summed E-state index contributed by atoms with van der Waals surface area (Å²) < 4.78 is 12.2. The molecule has 6 nitrogen and oxygen atoms in total. The SMILES string of the molecule is OCCC1(CO)CC(c2ccc(OCc3ccccc3)c(OCc3ccccc3)c2)=NO1. The van der Waals surface area contributed by atoms with E-state index in [9.17, 15) is 10.2 Å². The second-order valence-electron chi connectivity index (χ2n) is 7.83. The lowest BCUT2D eigenvalue weighted by molar-refractivity contribution is -0.0697. The molecule has 0 aromatic heterocycles. The smallest absolute Gasteiger partial charge is 0.168 e. The van der Waals surface area contributed by atoms with Crippen LogP contribution < -0.4 is 9.47 Å². The maximum atomic E-state index is 9.75. The van der Waals surface area contributed by atoms with Crippen LogP contribution in [0.15, 0.2) is 84.0 Å². The molecule has 3 aromatic rings. The van der Waals surface area contributed by atoms with Gasteiger partial charge in [0.25, 0.3) is 0 Å². The van der Waals surface area contributed by atoms with Gasteiger partial charge in [0.05, 0.1) is 12.3 Å². The molecule has 0 fully saturated rings. The molecular weight excluding hydrogens is 406 g/mol. The minimum Gasteiger partial charge on any atom is -0.485 e. The predicted molar refractivity (Wildman–Crippen MR) is 122 cm³/mol. The Hall–Kier alpha value is -3.35. The highest BCUT2D eigenvalue weighted by atomic mass is 16.7. The van der Waals surface area contributed by atoms with Gasteiger partial charge in [0, 0.05) is 25.0 Å². The Morgan fingerprint density at radius 3 is 2.03 bits per heavy atom. The molecule has 166 valence electrons. The molecule has 3 aromatic carbocycles. The summed E-state index contributed by atoms with van der Waals surface area (Å²) in [6.45, 7) is 0.535. The maximum Gasteiger partial charge on any atom is 0.168 e. The molecule has 32 heavy (non-hydrogen) atoms. The lowest BCUT2D eigenvalue weighted by Gasteiger charge is -2.22.